The van der Waals surface area contributed by atoms with Gasteiger partial charge in [0.25, 0.3) is 0 Å². The number of hydrogen-bond donors (Lipinski definition) is 1. The summed E-state index contributed by atoms with van der Waals surface area (Å²) in [6.45, 7) is 2.74. The van der Waals surface area contributed by atoms with Crippen LogP contribution >= 0.6 is 23.2 Å². The summed E-state index contributed by atoms with van der Waals surface area (Å²) in [4.78, 5) is 45.9. The molecule has 2 aliphatic heterocycles. The van der Waals surface area contributed by atoms with E-state index in [2.05, 4.69) is 9.80 Å². The van der Waals surface area contributed by atoms with Crippen molar-refractivity contribution in [3.05, 3.63) is 92.6 Å². The summed E-state index contributed by atoms with van der Waals surface area (Å²) < 4.78 is 16.3. The van der Waals surface area contributed by atoms with Crippen molar-refractivity contribution in [1.29, 1.82) is 0 Å². The molecule has 50 heavy (non-hydrogen) atoms. The minimum Gasteiger partial charge on any atom is -0.496 e. The maximum Gasteiger partial charge on any atom is 0.344 e. The molecule has 0 bridgehead atoms. The van der Waals surface area contributed by atoms with Crippen LogP contribution in [0.15, 0.2) is 71.4 Å². The van der Waals surface area contributed by atoms with Gasteiger partial charge in [-0.2, -0.15) is 0 Å². The summed E-state index contributed by atoms with van der Waals surface area (Å²) >= 11 is 13.7. The maximum absolute atomic E-state index is 14.1. The fourth-order valence-corrected chi connectivity index (χ4v) is 9.31. The Balaban J connectivity index is 1.44. The molecule has 12 heteroatoms. The van der Waals surface area contributed by atoms with Gasteiger partial charge in [-0.3, -0.25) is 4.90 Å². The average Bonchev–Trinajstić information content (AvgIpc) is 3.67. The summed E-state index contributed by atoms with van der Waals surface area (Å²) in [5.41, 5.74) is 2.25. The number of halogens is 2. The molecule has 0 amide bonds. The van der Waals surface area contributed by atoms with Crippen LogP contribution in [-0.2, 0) is 30.3 Å². The van der Waals surface area contributed by atoms with Gasteiger partial charge in [-0.15, -0.1) is 0 Å². The molecular formula is C38H43Cl2N3O7. The normalized spacial score (nSPS) is 25.4. The van der Waals surface area contributed by atoms with Crippen molar-refractivity contribution >= 4 is 41.1 Å². The van der Waals surface area contributed by atoms with E-state index in [1.807, 2.05) is 36.2 Å². The Kier molecular flexibility index (Phi) is 11.3. The van der Waals surface area contributed by atoms with Gasteiger partial charge in [0.1, 0.15) is 11.6 Å². The van der Waals surface area contributed by atoms with Crippen LogP contribution in [0.1, 0.15) is 49.1 Å². The number of nitrogens with zero attached hydrogens (tertiary/aromatic N) is 3. The van der Waals surface area contributed by atoms with E-state index in [1.54, 1.807) is 25.3 Å². The largest absolute Gasteiger partial charge is 0.496 e. The number of aliphatic hydroxyl groups excluding tert-OH is 1. The molecule has 1 N–H and O–H groups in total. The van der Waals surface area contributed by atoms with E-state index >= 15 is 0 Å². The second-order valence-corrected chi connectivity index (χ2v) is 14.3. The SMILES string of the molecule is COC(=O)C1=C(CCc2ccccc2OC)N(C)C(N2CCN(C3CC4CC(O)CC4C3)CC2)=C(C(=O)OC=C=O)C1c1c(Cl)cccc1Cl. The molecule has 3 fully saturated rings. The third-order valence-electron chi connectivity index (χ3n) is 10.9. The highest BCUT2D eigenvalue weighted by molar-refractivity contribution is 6.36. The van der Waals surface area contributed by atoms with Crippen molar-refractivity contribution in [2.45, 2.75) is 56.6 Å². The minimum atomic E-state index is -1.08. The average molecular weight is 725 g/mol. The highest BCUT2D eigenvalue weighted by atomic mass is 35.5. The molecule has 1 saturated heterocycles. The number of methoxy groups -OCH3 is 2. The number of aliphatic hydroxyl groups is 1. The molecule has 0 spiro atoms. The van der Waals surface area contributed by atoms with Crippen molar-refractivity contribution in [3.8, 4) is 5.75 Å². The first-order chi connectivity index (χ1) is 24.2. The van der Waals surface area contributed by atoms with E-state index in [9.17, 15) is 19.5 Å². The van der Waals surface area contributed by atoms with E-state index < -0.39 is 17.9 Å². The van der Waals surface area contributed by atoms with Crippen molar-refractivity contribution in [1.82, 2.24) is 14.7 Å². The number of carbonyl (C=O) groups is 2. The van der Waals surface area contributed by atoms with Crippen LogP contribution in [0.3, 0.4) is 0 Å². The first kappa shape index (κ1) is 36.0. The second-order valence-electron chi connectivity index (χ2n) is 13.5. The lowest BCUT2D eigenvalue weighted by molar-refractivity contribution is -0.136. The number of ether oxygens (including phenoxy) is 3. The standard InChI is InChI=1S/C38H43Cl2N3O7/c1-41-30(12-11-23-7-4-5-10-31(23)48-2)33(37(46)49-3)34(32-28(39)8-6-9-29(32)40)35(38(47)50-18-17-44)36(41)43-15-13-42(14-16-43)26-19-24-21-27(45)22-25(24)20-26/h4-10,18,24-27,34,45H,11-16,19-22H2,1-3H3. The lowest BCUT2D eigenvalue weighted by atomic mass is 9.79. The Hall–Kier alpha value is -3.79. The highest BCUT2D eigenvalue weighted by Gasteiger charge is 2.47. The topological polar surface area (TPSA) is 109 Å². The van der Waals surface area contributed by atoms with Crippen LogP contribution in [0.25, 0.3) is 0 Å². The van der Waals surface area contributed by atoms with E-state index in [1.165, 1.54) is 13.1 Å². The quantitative estimate of drug-likeness (QED) is 0.196. The first-order valence-electron chi connectivity index (χ1n) is 17.1. The number of fused-ring (bicyclic) bond motifs is 1. The molecule has 4 aliphatic rings. The van der Waals surface area contributed by atoms with Crippen LogP contribution < -0.4 is 4.74 Å². The zero-order valence-corrected chi connectivity index (χ0v) is 30.1. The molecular weight excluding hydrogens is 681 g/mol. The van der Waals surface area contributed by atoms with Crippen LogP contribution in [0.2, 0.25) is 10.0 Å². The molecule has 2 saturated carbocycles. The van der Waals surface area contributed by atoms with Crippen molar-refractivity contribution in [3.63, 3.8) is 0 Å². The van der Waals surface area contributed by atoms with Crippen LogP contribution in [0.4, 0.5) is 0 Å². The van der Waals surface area contributed by atoms with Crippen molar-refractivity contribution in [2.75, 3.05) is 47.4 Å². The molecule has 2 heterocycles. The first-order valence-corrected chi connectivity index (χ1v) is 17.8. The molecule has 2 aromatic carbocycles. The lowest BCUT2D eigenvalue weighted by Gasteiger charge is -2.46. The predicted octanol–water partition coefficient (Wildman–Crippen LogP) is 5.36. The number of piperazine rings is 1. The van der Waals surface area contributed by atoms with Crippen LogP contribution in [0.5, 0.6) is 5.75 Å². The zero-order chi connectivity index (χ0) is 35.5. The monoisotopic (exact) mass is 723 g/mol. The third kappa shape index (κ3) is 7.05. The molecule has 6 rings (SSSR count). The van der Waals surface area contributed by atoms with Gasteiger partial charge in [-0.1, -0.05) is 47.5 Å². The molecule has 3 atom stereocenters. The van der Waals surface area contributed by atoms with Gasteiger partial charge in [0, 0.05) is 60.6 Å². The number of rotatable bonds is 10. The van der Waals surface area contributed by atoms with E-state index in [0.29, 0.717) is 67.2 Å². The Morgan fingerprint density at radius 2 is 1.56 bits per heavy atom. The predicted molar refractivity (Wildman–Crippen MR) is 189 cm³/mol. The summed E-state index contributed by atoms with van der Waals surface area (Å²) in [6, 6.07) is 13.2. The Labute approximate surface area is 302 Å². The summed E-state index contributed by atoms with van der Waals surface area (Å²) in [7, 11) is 4.74. The second kappa shape index (κ2) is 15.6. The van der Waals surface area contributed by atoms with Gasteiger partial charge in [0.05, 0.1) is 37.4 Å². The number of esters is 2. The zero-order valence-electron chi connectivity index (χ0n) is 28.6. The van der Waals surface area contributed by atoms with Gasteiger partial charge in [0.2, 0.25) is 0 Å². The molecule has 10 nitrogen and oxygen atoms in total. The smallest absolute Gasteiger partial charge is 0.344 e. The number of benzene rings is 2. The van der Waals surface area contributed by atoms with Crippen LogP contribution in [-0.4, -0.2) is 97.3 Å². The fourth-order valence-electron chi connectivity index (χ4n) is 8.70. The van der Waals surface area contributed by atoms with E-state index in [0.717, 1.165) is 50.1 Å². The maximum atomic E-state index is 14.1. The van der Waals surface area contributed by atoms with Gasteiger partial charge in [0.15, 0.2) is 12.2 Å². The van der Waals surface area contributed by atoms with Crippen molar-refractivity contribution in [2.24, 2.45) is 11.8 Å². The summed E-state index contributed by atoms with van der Waals surface area (Å²) in [5, 5.41) is 10.7. The number of carbonyl (C=O) groups excluding carboxylic acids is 3. The minimum absolute atomic E-state index is 0.119. The third-order valence-corrected chi connectivity index (χ3v) is 11.6. The number of hydrogen-bond acceptors (Lipinski definition) is 10. The van der Waals surface area contributed by atoms with Gasteiger partial charge in [-0.05, 0) is 74.1 Å². The van der Waals surface area contributed by atoms with E-state index in [-0.39, 0.29) is 27.3 Å². The highest BCUT2D eigenvalue weighted by Crippen LogP contribution is 2.49. The Morgan fingerprint density at radius 3 is 2.18 bits per heavy atom. The summed E-state index contributed by atoms with van der Waals surface area (Å²) in [5.74, 6) is 1.38. The molecule has 0 radical (unpaired) electrons. The van der Waals surface area contributed by atoms with Crippen molar-refractivity contribution < 1.29 is 33.7 Å². The lowest BCUT2D eigenvalue weighted by Crippen LogP contribution is -2.52. The van der Waals surface area contributed by atoms with Gasteiger partial charge >= 0.3 is 11.9 Å². The van der Waals surface area contributed by atoms with Gasteiger partial charge < -0.3 is 29.1 Å². The van der Waals surface area contributed by atoms with E-state index in [4.69, 9.17) is 37.4 Å². The molecule has 2 aliphatic carbocycles. The Morgan fingerprint density at radius 1 is 0.900 bits per heavy atom. The van der Waals surface area contributed by atoms with Gasteiger partial charge in [-0.25, -0.2) is 14.4 Å². The number of para-hydroxylation sites is 1. The number of allylic oxidation sites excluding steroid dienone is 1. The fraction of sp³-hybridized carbons (Fsp3) is 0.474. The molecule has 2 aromatic rings. The molecule has 3 unspecified atom stereocenters. The molecule has 266 valence electrons. The summed E-state index contributed by atoms with van der Waals surface area (Å²) in [6.07, 6.45) is 5.34. The number of aryl methyl sites for hydroxylation is 1. The Bertz CT molecular complexity index is 1700. The molecule has 0 aromatic heterocycles. The van der Waals surface area contributed by atoms with Crippen LogP contribution in [0, 0.1) is 11.8 Å².